The zero-order valence-corrected chi connectivity index (χ0v) is 13.8. The Hall–Kier alpha value is -2.41. The topological polar surface area (TPSA) is 101 Å². The Morgan fingerprint density at radius 2 is 2.08 bits per heavy atom. The lowest BCUT2D eigenvalue weighted by molar-refractivity contribution is -0.678. The zero-order valence-electron chi connectivity index (χ0n) is 13.8. The summed E-state index contributed by atoms with van der Waals surface area (Å²) < 4.78 is 5.13. The second-order valence-corrected chi connectivity index (χ2v) is 5.74. The lowest BCUT2D eigenvalue weighted by Crippen LogP contribution is -2.96. The highest BCUT2D eigenvalue weighted by Crippen LogP contribution is 2.11. The summed E-state index contributed by atoms with van der Waals surface area (Å²) in [5, 5.41) is 7.35. The quantitative estimate of drug-likeness (QED) is 0.484. The maximum absolute atomic E-state index is 12.0. The van der Waals surface area contributed by atoms with Crippen LogP contribution in [-0.4, -0.2) is 43.5 Å². The number of rotatable bonds is 7. The third-order valence-corrected chi connectivity index (χ3v) is 3.77. The number of carbonyl (C=O) groups excluding carboxylic acids is 3. The molecule has 130 valence electrons. The van der Waals surface area contributed by atoms with E-state index in [0.29, 0.717) is 24.4 Å². The van der Waals surface area contributed by atoms with Crippen molar-refractivity contribution in [2.45, 2.75) is 32.2 Å². The molecule has 1 fully saturated rings. The van der Waals surface area contributed by atoms with Crippen LogP contribution >= 0.6 is 0 Å². The van der Waals surface area contributed by atoms with Gasteiger partial charge in [0.1, 0.15) is 0 Å². The van der Waals surface area contributed by atoms with Gasteiger partial charge < -0.3 is 20.7 Å². The third-order valence-electron chi connectivity index (χ3n) is 3.77. The molecule has 1 aliphatic rings. The summed E-state index contributed by atoms with van der Waals surface area (Å²) in [6.07, 6.45) is 1.92. The normalized spacial score (nSPS) is 17.0. The fourth-order valence-electron chi connectivity index (χ4n) is 2.39. The molecule has 1 atom stereocenters. The molecular formula is C17H24N3O4+. The van der Waals surface area contributed by atoms with E-state index < -0.39 is 0 Å². The number of esters is 1. The van der Waals surface area contributed by atoms with Gasteiger partial charge in [-0.3, -0.25) is 9.59 Å². The molecule has 7 heteroatoms. The number of amides is 2. The lowest BCUT2D eigenvalue weighted by atomic mass is 10.1. The Kier molecular flexibility index (Phi) is 6.74. The van der Waals surface area contributed by atoms with Crippen LogP contribution in [0, 0.1) is 0 Å². The molecule has 2 rings (SSSR count). The largest absolute Gasteiger partial charge is 0.462 e. The van der Waals surface area contributed by atoms with Gasteiger partial charge in [-0.15, -0.1) is 0 Å². The predicted octanol–water partition coefficient (Wildman–Crippen LogP) is 0.0339. The Balaban J connectivity index is 1.83. The van der Waals surface area contributed by atoms with Gasteiger partial charge >= 0.3 is 5.97 Å². The Bertz CT molecular complexity index is 586. The third kappa shape index (κ3) is 5.34. The Morgan fingerprint density at radius 3 is 2.75 bits per heavy atom. The van der Waals surface area contributed by atoms with Crippen molar-refractivity contribution in [3.8, 4) is 0 Å². The first-order chi connectivity index (χ1) is 11.6. The molecule has 1 aliphatic heterocycles. The van der Waals surface area contributed by atoms with Gasteiger partial charge in [0.05, 0.1) is 31.7 Å². The van der Waals surface area contributed by atoms with Crippen molar-refractivity contribution in [3.63, 3.8) is 0 Å². The van der Waals surface area contributed by atoms with Crippen molar-refractivity contribution < 1.29 is 24.4 Å². The summed E-state index contributed by atoms with van der Waals surface area (Å²) in [7, 11) is 0. The number of nitrogens with two attached hydrogens (primary N) is 1. The lowest BCUT2D eigenvalue weighted by Gasteiger charge is -2.19. The number of piperazine rings is 1. The van der Waals surface area contributed by atoms with E-state index in [-0.39, 0.29) is 30.2 Å². The molecule has 0 aliphatic carbocycles. The van der Waals surface area contributed by atoms with Gasteiger partial charge in [-0.2, -0.15) is 0 Å². The highest BCUT2D eigenvalue weighted by atomic mass is 16.5. The first-order valence-electron chi connectivity index (χ1n) is 8.28. The van der Waals surface area contributed by atoms with E-state index in [2.05, 4.69) is 10.6 Å². The monoisotopic (exact) mass is 334 g/mol. The van der Waals surface area contributed by atoms with Crippen LogP contribution in [0.5, 0.6) is 0 Å². The molecule has 0 bridgehead atoms. The number of hydrogen-bond acceptors (Lipinski definition) is 4. The smallest absolute Gasteiger partial charge is 0.338 e. The number of hydrogen-bond donors (Lipinski definition) is 3. The van der Waals surface area contributed by atoms with Crippen LogP contribution in [0.4, 0.5) is 5.69 Å². The van der Waals surface area contributed by atoms with Crippen LogP contribution in [0.1, 0.15) is 36.5 Å². The van der Waals surface area contributed by atoms with E-state index in [1.807, 2.05) is 12.2 Å². The minimum absolute atomic E-state index is 0.110. The zero-order chi connectivity index (χ0) is 17.4. The van der Waals surface area contributed by atoms with Crippen LogP contribution in [0.2, 0.25) is 0 Å². The van der Waals surface area contributed by atoms with Gasteiger partial charge in [-0.1, -0.05) is 13.3 Å². The summed E-state index contributed by atoms with van der Waals surface area (Å²) in [5.74, 6) is -0.706. The van der Waals surface area contributed by atoms with Crippen LogP contribution in [0.3, 0.4) is 0 Å². The van der Waals surface area contributed by atoms with E-state index in [1.165, 1.54) is 0 Å². The molecule has 4 N–H and O–H groups in total. The standard InChI is InChI=1S/C17H23N3O4/c1-2-3-10-24-17(23)12-4-6-13(7-5-12)20-15(21)11-14-16(22)19-9-8-18-14/h4-7,14,18H,2-3,8-11H2,1H3,(H,19,22)(H,20,21)/p+1/t14-/m0/s1. The molecular weight excluding hydrogens is 310 g/mol. The molecule has 0 saturated carbocycles. The molecule has 7 nitrogen and oxygen atoms in total. The molecule has 1 heterocycles. The second-order valence-electron chi connectivity index (χ2n) is 5.74. The molecule has 1 saturated heterocycles. The van der Waals surface area contributed by atoms with Gasteiger partial charge in [0.15, 0.2) is 6.04 Å². The van der Waals surface area contributed by atoms with Gasteiger partial charge in [0.25, 0.3) is 5.91 Å². The van der Waals surface area contributed by atoms with E-state index in [4.69, 9.17) is 4.74 Å². The highest BCUT2D eigenvalue weighted by molar-refractivity contribution is 5.95. The molecule has 0 unspecified atom stereocenters. The van der Waals surface area contributed by atoms with Crippen molar-refractivity contribution in [2.75, 3.05) is 25.0 Å². The average molecular weight is 334 g/mol. The Labute approximate surface area is 141 Å². The highest BCUT2D eigenvalue weighted by Gasteiger charge is 2.27. The molecule has 0 aromatic heterocycles. The molecule has 0 radical (unpaired) electrons. The van der Waals surface area contributed by atoms with Crippen LogP contribution in [-0.2, 0) is 14.3 Å². The fraction of sp³-hybridized carbons (Fsp3) is 0.471. The minimum atomic E-state index is -0.383. The van der Waals surface area contributed by atoms with Gasteiger partial charge in [-0.05, 0) is 30.7 Å². The number of ether oxygens (including phenoxy) is 1. The van der Waals surface area contributed by atoms with Gasteiger partial charge in [0, 0.05) is 5.69 Å². The van der Waals surface area contributed by atoms with E-state index in [0.717, 1.165) is 19.4 Å². The number of anilines is 1. The van der Waals surface area contributed by atoms with Crippen molar-refractivity contribution in [1.29, 1.82) is 0 Å². The molecule has 1 aromatic carbocycles. The first-order valence-corrected chi connectivity index (χ1v) is 8.28. The molecule has 0 spiro atoms. The van der Waals surface area contributed by atoms with Gasteiger partial charge in [-0.25, -0.2) is 4.79 Å². The number of unbranched alkanes of at least 4 members (excludes halogenated alkanes) is 1. The number of benzene rings is 1. The number of nitrogens with one attached hydrogen (secondary N) is 2. The predicted molar refractivity (Wildman–Crippen MR) is 88.5 cm³/mol. The summed E-state index contributed by atoms with van der Waals surface area (Å²) in [4.78, 5) is 35.4. The number of carbonyl (C=O) groups is 3. The van der Waals surface area contributed by atoms with Crippen molar-refractivity contribution in [1.82, 2.24) is 5.32 Å². The van der Waals surface area contributed by atoms with Crippen molar-refractivity contribution >= 4 is 23.5 Å². The van der Waals surface area contributed by atoms with E-state index in [9.17, 15) is 14.4 Å². The average Bonchev–Trinajstić information content (AvgIpc) is 2.58. The fourth-order valence-corrected chi connectivity index (χ4v) is 2.39. The minimum Gasteiger partial charge on any atom is -0.462 e. The molecule has 1 aromatic rings. The van der Waals surface area contributed by atoms with Crippen LogP contribution < -0.4 is 16.0 Å². The molecule has 2 amide bonds. The Morgan fingerprint density at radius 1 is 1.33 bits per heavy atom. The first kappa shape index (κ1) is 17.9. The summed E-state index contributed by atoms with van der Waals surface area (Å²) in [6, 6.07) is 6.15. The van der Waals surface area contributed by atoms with E-state index >= 15 is 0 Å². The summed E-state index contributed by atoms with van der Waals surface area (Å²) in [5.41, 5.74) is 1.03. The second kappa shape index (κ2) is 9.02. The van der Waals surface area contributed by atoms with Crippen LogP contribution in [0.25, 0.3) is 0 Å². The summed E-state index contributed by atoms with van der Waals surface area (Å²) in [6.45, 7) is 3.85. The van der Waals surface area contributed by atoms with Crippen LogP contribution in [0.15, 0.2) is 24.3 Å². The molecule has 24 heavy (non-hydrogen) atoms. The number of quaternary nitrogens is 1. The SMILES string of the molecule is CCCCOC(=O)c1ccc(NC(=O)C[C@@H]2[NH2+]CCNC2=O)cc1. The van der Waals surface area contributed by atoms with Crippen molar-refractivity contribution in [2.24, 2.45) is 0 Å². The van der Waals surface area contributed by atoms with E-state index in [1.54, 1.807) is 24.3 Å². The maximum Gasteiger partial charge on any atom is 0.338 e. The summed E-state index contributed by atoms with van der Waals surface area (Å²) >= 11 is 0. The van der Waals surface area contributed by atoms with Crippen molar-refractivity contribution in [3.05, 3.63) is 29.8 Å². The maximum atomic E-state index is 12.0. The van der Waals surface area contributed by atoms with Gasteiger partial charge in [0.2, 0.25) is 5.91 Å².